The van der Waals surface area contributed by atoms with Crippen LogP contribution in [-0.4, -0.2) is 18.7 Å². The van der Waals surface area contributed by atoms with Gasteiger partial charge in [0.2, 0.25) is 11.3 Å². The minimum atomic E-state index is -0.381. The first kappa shape index (κ1) is 15.3. The molecule has 0 radical (unpaired) electrons. The van der Waals surface area contributed by atoms with E-state index in [1.54, 1.807) is 24.3 Å². The maximum absolute atomic E-state index is 13.4. The number of benzene rings is 2. The van der Waals surface area contributed by atoms with Crippen molar-refractivity contribution < 1.29 is 8.78 Å². The fourth-order valence-electron chi connectivity index (χ4n) is 2.22. The van der Waals surface area contributed by atoms with Gasteiger partial charge in [-0.1, -0.05) is 12.1 Å². The zero-order valence-corrected chi connectivity index (χ0v) is 13.4. The summed E-state index contributed by atoms with van der Waals surface area (Å²) in [5.74, 6) is -0.104. The maximum atomic E-state index is 13.4. The van der Waals surface area contributed by atoms with Crippen molar-refractivity contribution in [2.75, 3.05) is 10.6 Å². The number of aromatic nitrogens is 4. The van der Waals surface area contributed by atoms with Crippen molar-refractivity contribution in [3.8, 4) is 0 Å². The molecular formula is C16H10F2N6S. The summed E-state index contributed by atoms with van der Waals surface area (Å²) in [6, 6.07) is 11.9. The van der Waals surface area contributed by atoms with Crippen molar-refractivity contribution in [1.29, 1.82) is 0 Å². The van der Waals surface area contributed by atoms with Crippen LogP contribution in [0.25, 0.3) is 11.3 Å². The molecule has 0 aliphatic heterocycles. The lowest BCUT2D eigenvalue weighted by molar-refractivity contribution is 0.628. The number of nitrogens with one attached hydrogen (secondary N) is 2. The van der Waals surface area contributed by atoms with Crippen LogP contribution in [0.4, 0.5) is 31.8 Å². The normalized spacial score (nSPS) is 10.8. The van der Waals surface area contributed by atoms with E-state index < -0.39 is 0 Å². The van der Waals surface area contributed by atoms with Crippen LogP contribution >= 0.6 is 11.7 Å². The van der Waals surface area contributed by atoms with Gasteiger partial charge in [-0.2, -0.15) is 8.75 Å². The Hall–Kier alpha value is -3.20. The molecule has 2 N–H and O–H groups in total. The quantitative estimate of drug-likeness (QED) is 0.569. The molecule has 4 rings (SSSR count). The van der Waals surface area contributed by atoms with Gasteiger partial charge in [-0.15, -0.1) is 0 Å². The van der Waals surface area contributed by atoms with E-state index in [-0.39, 0.29) is 11.6 Å². The molecule has 6 nitrogen and oxygen atoms in total. The number of hydrogen-bond donors (Lipinski definition) is 2. The zero-order chi connectivity index (χ0) is 17.2. The summed E-state index contributed by atoms with van der Waals surface area (Å²) >= 11 is 0.987. The van der Waals surface area contributed by atoms with Gasteiger partial charge in [0.25, 0.3) is 0 Å². The zero-order valence-electron chi connectivity index (χ0n) is 12.6. The lowest BCUT2D eigenvalue weighted by Crippen LogP contribution is -2.03. The molecule has 0 saturated heterocycles. The van der Waals surface area contributed by atoms with Crippen LogP contribution in [0, 0.1) is 11.6 Å². The van der Waals surface area contributed by atoms with Gasteiger partial charge in [-0.05, 0) is 36.4 Å². The molecule has 2 aromatic heterocycles. The van der Waals surface area contributed by atoms with Crippen LogP contribution in [0.15, 0.2) is 48.5 Å². The largest absolute Gasteiger partial charge is 0.337 e. The Kier molecular flexibility index (Phi) is 3.90. The van der Waals surface area contributed by atoms with Crippen molar-refractivity contribution in [2.24, 2.45) is 0 Å². The molecule has 4 aromatic rings. The second kappa shape index (κ2) is 6.36. The van der Waals surface area contributed by atoms with Crippen LogP contribution in [0.3, 0.4) is 0 Å². The Labute approximate surface area is 144 Å². The molecule has 0 saturated carbocycles. The van der Waals surface area contributed by atoms with Crippen molar-refractivity contribution >= 4 is 46.0 Å². The minimum absolute atomic E-state index is 0.329. The highest BCUT2D eigenvalue weighted by atomic mass is 32.1. The van der Waals surface area contributed by atoms with Crippen molar-refractivity contribution in [1.82, 2.24) is 18.7 Å². The molecule has 2 heterocycles. The van der Waals surface area contributed by atoms with Crippen molar-refractivity contribution in [2.45, 2.75) is 0 Å². The fourth-order valence-corrected chi connectivity index (χ4v) is 2.66. The van der Waals surface area contributed by atoms with Crippen molar-refractivity contribution in [3.63, 3.8) is 0 Å². The van der Waals surface area contributed by atoms with E-state index in [2.05, 4.69) is 29.3 Å². The molecule has 124 valence electrons. The second-order valence-electron chi connectivity index (χ2n) is 5.10. The van der Waals surface area contributed by atoms with Crippen LogP contribution < -0.4 is 10.6 Å². The predicted octanol–water partition coefficient (Wildman–Crippen LogP) is 4.25. The molecule has 0 aliphatic rings. The fraction of sp³-hybridized carbons (Fsp3) is 0. The molecule has 0 spiro atoms. The van der Waals surface area contributed by atoms with Crippen LogP contribution in [0.2, 0.25) is 0 Å². The van der Waals surface area contributed by atoms with E-state index in [1.807, 2.05) is 0 Å². The molecule has 25 heavy (non-hydrogen) atoms. The third kappa shape index (κ3) is 3.36. The Morgan fingerprint density at radius 1 is 0.720 bits per heavy atom. The average Bonchev–Trinajstić information content (AvgIpc) is 3.02. The standard InChI is InChI=1S/C16H10F2N6S/c17-9-3-1-5-11(7-9)19-13-14(20-12-6-2-4-10(18)8-12)22-16-15(21-13)23-25-24-16/h1-8H,(H,19,21,23)(H,20,22,24). The lowest BCUT2D eigenvalue weighted by Gasteiger charge is -2.12. The SMILES string of the molecule is Fc1cccc(Nc2nc3nsnc3nc2Nc2cccc(F)c2)c1. The van der Waals surface area contributed by atoms with Gasteiger partial charge in [0.05, 0.1) is 11.7 Å². The smallest absolute Gasteiger partial charge is 0.214 e. The van der Waals surface area contributed by atoms with E-state index in [9.17, 15) is 8.78 Å². The van der Waals surface area contributed by atoms with Crippen LogP contribution in [-0.2, 0) is 0 Å². The van der Waals surface area contributed by atoms with Crippen LogP contribution in [0.1, 0.15) is 0 Å². The van der Waals surface area contributed by atoms with Gasteiger partial charge >= 0.3 is 0 Å². The van der Waals surface area contributed by atoms with Crippen LogP contribution in [0.5, 0.6) is 0 Å². The van der Waals surface area contributed by atoms with Gasteiger partial charge in [0, 0.05) is 11.4 Å². The summed E-state index contributed by atoms with van der Waals surface area (Å²) in [6.07, 6.45) is 0. The number of nitrogens with zero attached hydrogens (tertiary/aromatic N) is 4. The van der Waals surface area contributed by atoms with E-state index >= 15 is 0 Å². The molecule has 0 unspecified atom stereocenters. The third-order valence-electron chi connectivity index (χ3n) is 3.29. The first-order valence-electron chi connectivity index (χ1n) is 7.23. The van der Waals surface area contributed by atoms with E-state index in [0.717, 1.165) is 11.7 Å². The van der Waals surface area contributed by atoms with Gasteiger partial charge in [0.1, 0.15) is 11.6 Å². The molecule has 0 atom stereocenters. The Morgan fingerprint density at radius 3 is 1.64 bits per heavy atom. The first-order chi connectivity index (χ1) is 12.2. The highest BCUT2D eigenvalue weighted by Gasteiger charge is 2.13. The number of halogens is 2. The van der Waals surface area contributed by atoms with Gasteiger partial charge in [-0.25, -0.2) is 18.7 Å². The molecular weight excluding hydrogens is 346 g/mol. The molecule has 0 amide bonds. The van der Waals surface area contributed by atoms with Gasteiger partial charge in [-0.3, -0.25) is 0 Å². The number of hydrogen-bond acceptors (Lipinski definition) is 7. The highest BCUT2D eigenvalue weighted by Crippen LogP contribution is 2.27. The Bertz CT molecular complexity index is 970. The molecule has 0 bridgehead atoms. The first-order valence-corrected chi connectivity index (χ1v) is 7.96. The topological polar surface area (TPSA) is 75.6 Å². The Balaban J connectivity index is 1.75. The summed E-state index contributed by atoms with van der Waals surface area (Å²) < 4.78 is 34.9. The summed E-state index contributed by atoms with van der Waals surface area (Å²) in [5, 5.41) is 5.99. The Morgan fingerprint density at radius 2 is 1.20 bits per heavy atom. The van der Waals surface area contributed by atoms with Gasteiger partial charge in [0.15, 0.2) is 11.6 Å². The average molecular weight is 356 g/mol. The molecule has 2 aromatic carbocycles. The number of anilines is 4. The molecule has 0 aliphatic carbocycles. The van der Waals surface area contributed by atoms with E-state index in [1.165, 1.54) is 24.3 Å². The maximum Gasteiger partial charge on any atom is 0.214 e. The van der Waals surface area contributed by atoms with E-state index in [0.29, 0.717) is 34.3 Å². The molecule has 0 fully saturated rings. The number of fused-ring (bicyclic) bond motifs is 1. The predicted molar refractivity (Wildman–Crippen MR) is 92.4 cm³/mol. The third-order valence-corrected chi connectivity index (χ3v) is 3.80. The van der Waals surface area contributed by atoms with Crippen molar-refractivity contribution in [3.05, 3.63) is 60.2 Å². The number of rotatable bonds is 4. The monoisotopic (exact) mass is 356 g/mol. The summed E-state index contributed by atoms with van der Waals surface area (Å²) in [6.45, 7) is 0. The van der Waals surface area contributed by atoms with Gasteiger partial charge < -0.3 is 10.6 Å². The van der Waals surface area contributed by atoms with E-state index in [4.69, 9.17) is 0 Å². The highest BCUT2D eigenvalue weighted by molar-refractivity contribution is 6.99. The summed E-state index contributed by atoms with van der Waals surface area (Å²) in [5.41, 5.74) is 1.74. The molecule has 9 heteroatoms. The summed E-state index contributed by atoms with van der Waals surface area (Å²) in [7, 11) is 0. The lowest BCUT2D eigenvalue weighted by atomic mass is 10.3. The summed E-state index contributed by atoms with van der Waals surface area (Å²) in [4.78, 5) is 8.73. The second-order valence-corrected chi connectivity index (χ2v) is 5.63. The minimum Gasteiger partial charge on any atom is -0.337 e.